The van der Waals surface area contributed by atoms with Gasteiger partial charge >= 0.3 is 0 Å². The minimum Gasteiger partial charge on any atom is -0.399 e. The Labute approximate surface area is 79.9 Å². The summed E-state index contributed by atoms with van der Waals surface area (Å²) in [5.74, 6) is 0.570. The van der Waals surface area contributed by atoms with Gasteiger partial charge in [-0.05, 0) is 36.5 Å². The van der Waals surface area contributed by atoms with Gasteiger partial charge in [-0.1, -0.05) is 19.9 Å². The first-order valence-corrected chi connectivity index (χ1v) is 4.83. The van der Waals surface area contributed by atoms with E-state index in [4.69, 9.17) is 11.5 Å². The van der Waals surface area contributed by atoms with Crippen molar-refractivity contribution in [3.63, 3.8) is 0 Å². The minimum absolute atomic E-state index is 0.570. The maximum Gasteiger partial charge on any atom is 0.0370 e. The van der Waals surface area contributed by atoms with E-state index in [1.54, 1.807) is 0 Å². The van der Waals surface area contributed by atoms with E-state index in [-0.39, 0.29) is 0 Å². The van der Waals surface area contributed by atoms with Gasteiger partial charge in [0.25, 0.3) is 0 Å². The fourth-order valence-electron chi connectivity index (χ4n) is 1.69. The standard InChI is InChI=1S/C11H18N2/c1-3-8(4-2)10-6-5-9(12)7-11(10)13/h5-8H,3-4,12-13H2,1-2H3. The molecule has 1 aromatic rings. The Balaban J connectivity index is 2.99. The Hall–Kier alpha value is -1.18. The van der Waals surface area contributed by atoms with E-state index >= 15 is 0 Å². The van der Waals surface area contributed by atoms with E-state index < -0.39 is 0 Å². The number of benzene rings is 1. The summed E-state index contributed by atoms with van der Waals surface area (Å²) in [6.07, 6.45) is 2.26. The van der Waals surface area contributed by atoms with Crippen LogP contribution >= 0.6 is 0 Å². The lowest BCUT2D eigenvalue weighted by molar-refractivity contribution is 0.644. The summed E-state index contributed by atoms with van der Waals surface area (Å²) >= 11 is 0. The number of nitrogen functional groups attached to an aromatic ring is 2. The zero-order valence-electron chi connectivity index (χ0n) is 8.38. The molecule has 1 aromatic carbocycles. The van der Waals surface area contributed by atoms with Crippen LogP contribution < -0.4 is 11.5 Å². The van der Waals surface area contributed by atoms with Crippen LogP contribution in [0.15, 0.2) is 18.2 Å². The van der Waals surface area contributed by atoms with Gasteiger partial charge in [0.1, 0.15) is 0 Å². The van der Waals surface area contributed by atoms with Crippen molar-refractivity contribution in [3.05, 3.63) is 23.8 Å². The van der Waals surface area contributed by atoms with Gasteiger partial charge in [-0.3, -0.25) is 0 Å². The molecule has 0 aromatic heterocycles. The quantitative estimate of drug-likeness (QED) is 0.699. The van der Waals surface area contributed by atoms with Crippen LogP contribution in [0.5, 0.6) is 0 Å². The Bertz CT molecular complexity index is 277. The summed E-state index contributed by atoms with van der Waals surface area (Å²) in [5.41, 5.74) is 14.3. The molecule has 1 rings (SSSR count). The van der Waals surface area contributed by atoms with Gasteiger partial charge in [0.15, 0.2) is 0 Å². The first-order valence-electron chi connectivity index (χ1n) is 4.83. The number of rotatable bonds is 3. The molecule has 4 N–H and O–H groups in total. The van der Waals surface area contributed by atoms with Crippen molar-refractivity contribution >= 4 is 11.4 Å². The van der Waals surface area contributed by atoms with Crippen LogP contribution in [0.4, 0.5) is 11.4 Å². The summed E-state index contributed by atoms with van der Waals surface area (Å²) in [6, 6.07) is 5.81. The summed E-state index contributed by atoms with van der Waals surface area (Å²) in [5, 5.41) is 0. The van der Waals surface area contributed by atoms with E-state index in [2.05, 4.69) is 13.8 Å². The van der Waals surface area contributed by atoms with Crippen LogP contribution in [0.25, 0.3) is 0 Å². The summed E-state index contributed by atoms with van der Waals surface area (Å²) < 4.78 is 0. The Kier molecular flexibility index (Phi) is 3.18. The average Bonchev–Trinajstić information content (AvgIpc) is 2.10. The Morgan fingerprint density at radius 2 is 1.77 bits per heavy atom. The molecule has 0 fully saturated rings. The largest absolute Gasteiger partial charge is 0.399 e. The molecule has 0 aliphatic carbocycles. The van der Waals surface area contributed by atoms with Gasteiger partial charge in [-0.15, -0.1) is 0 Å². The molecule has 0 amide bonds. The molecule has 0 saturated carbocycles. The van der Waals surface area contributed by atoms with E-state index in [9.17, 15) is 0 Å². The summed E-state index contributed by atoms with van der Waals surface area (Å²) in [4.78, 5) is 0. The van der Waals surface area contributed by atoms with Crippen molar-refractivity contribution in [1.82, 2.24) is 0 Å². The van der Waals surface area contributed by atoms with Gasteiger partial charge in [-0.2, -0.15) is 0 Å². The highest BCUT2D eigenvalue weighted by Crippen LogP contribution is 2.28. The minimum atomic E-state index is 0.570. The second-order valence-corrected chi connectivity index (χ2v) is 3.40. The lowest BCUT2D eigenvalue weighted by Crippen LogP contribution is -2.01. The second-order valence-electron chi connectivity index (χ2n) is 3.40. The number of hydrogen-bond acceptors (Lipinski definition) is 2. The Morgan fingerprint density at radius 3 is 2.23 bits per heavy atom. The molecule has 2 heteroatoms. The van der Waals surface area contributed by atoms with E-state index in [0.29, 0.717) is 5.92 Å². The lowest BCUT2D eigenvalue weighted by Gasteiger charge is -2.15. The van der Waals surface area contributed by atoms with Crippen molar-refractivity contribution in [3.8, 4) is 0 Å². The van der Waals surface area contributed by atoms with E-state index in [0.717, 1.165) is 24.2 Å². The van der Waals surface area contributed by atoms with Crippen molar-refractivity contribution in [2.45, 2.75) is 32.6 Å². The van der Waals surface area contributed by atoms with E-state index in [1.165, 1.54) is 5.56 Å². The molecule has 0 radical (unpaired) electrons. The molecule has 0 aliphatic heterocycles. The van der Waals surface area contributed by atoms with Crippen LogP contribution in [0.3, 0.4) is 0 Å². The van der Waals surface area contributed by atoms with Crippen molar-refractivity contribution < 1.29 is 0 Å². The van der Waals surface area contributed by atoms with Crippen LogP contribution in [-0.2, 0) is 0 Å². The highest BCUT2D eigenvalue weighted by molar-refractivity contribution is 5.57. The van der Waals surface area contributed by atoms with Gasteiger partial charge in [0.2, 0.25) is 0 Å². The zero-order chi connectivity index (χ0) is 9.84. The summed E-state index contributed by atoms with van der Waals surface area (Å²) in [7, 11) is 0. The second kappa shape index (κ2) is 4.17. The molecule has 0 unspecified atom stereocenters. The first kappa shape index (κ1) is 9.90. The molecule has 0 atom stereocenters. The third kappa shape index (κ3) is 2.14. The number of nitrogens with two attached hydrogens (primary N) is 2. The zero-order valence-corrected chi connectivity index (χ0v) is 8.38. The maximum absolute atomic E-state index is 5.89. The third-order valence-electron chi connectivity index (χ3n) is 2.54. The fourth-order valence-corrected chi connectivity index (χ4v) is 1.69. The molecule has 0 saturated heterocycles. The molecule has 0 aliphatic rings. The SMILES string of the molecule is CCC(CC)c1ccc(N)cc1N. The average molecular weight is 178 g/mol. The molecular weight excluding hydrogens is 160 g/mol. The van der Waals surface area contributed by atoms with E-state index in [1.807, 2.05) is 18.2 Å². The summed E-state index contributed by atoms with van der Waals surface area (Å²) in [6.45, 7) is 4.37. The molecule has 0 heterocycles. The fraction of sp³-hybridized carbons (Fsp3) is 0.455. The Morgan fingerprint density at radius 1 is 1.15 bits per heavy atom. The molecule has 2 nitrogen and oxygen atoms in total. The predicted molar refractivity (Wildman–Crippen MR) is 58.6 cm³/mol. The highest BCUT2D eigenvalue weighted by Gasteiger charge is 2.09. The number of anilines is 2. The topological polar surface area (TPSA) is 52.0 Å². The monoisotopic (exact) mass is 178 g/mol. The molecule has 72 valence electrons. The normalized spacial score (nSPS) is 10.7. The number of hydrogen-bond donors (Lipinski definition) is 2. The van der Waals surface area contributed by atoms with Crippen LogP contribution in [0.2, 0.25) is 0 Å². The molecular formula is C11H18N2. The molecule has 0 spiro atoms. The van der Waals surface area contributed by atoms with Gasteiger partial charge in [-0.25, -0.2) is 0 Å². The van der Waals surface area contributed by atoms with Gasteiger partial charge in [0.05, 0.1) is 0 Å². The van der Waals surface area contributed by atoms with Gasteiger partial charge in [0, 0.05) is 11.4 Å². The maximum atomic E-state index is 5.89. The molecule has 13 heavy (non-hydrogen) atoms. The molecule has 0 bridgehead atoms. The third-order valence-corrected chi connectivity index (χ3v) is 2.54. The van der Waals surface area contributed by atoms with Crippen LogP contribution in [0, 0.1) is 0 Å². The van der Waals surface area contributed by atoms with Crippen LogP contribution in [0.1, 0.15) is 38.2 Å². The van der Waals surface area contributed by atoms with Crippen LogP contribution in [-0.4, -0.2) is 0 Å². The predicted octanol–water partition coefficient (Wildman–Crippen LogP) is 2.75. The van der Waals surface area contributed by atoms with Crippen molar-refractivity contribution in [2.24, 2.45) is 0 Å². The lowest BCUT2D eigenvalue weighted by atomic mass is 9.92. The smallest absolute Gasteiger partial charge is 0.0370 e. The van der Waals surface area contributed by atoms with Crippen molar-refractivity contribution in [2.75, 3.05) is 11.5 Å². The van der Waals surface area contributed by atoms with Gasteiger partial charge < -0.3 is 11.5 Å². The first-order chi connectivity index (χ1) is 6.19. The highest BCUT2D eigenvalue weighted by atomic mass is 14.6. The van der Waals surface area contributed by atoms with Crippen molar-refractivity contribution in [1.29, 1.82) is 0 Å².